The predicted molar refractivity (Wildman–Crippen MR) is 82.7 cm³/mol. The monoisotopic (exact) mass is 325 g/mol. The van der Waals surface area contributed by atoms with Gasteiger partial charge in [-0.05, 0) is 36.8 Å². The third-order valence-electron chi connectivity index (χ3n) is 3.13. The Kier molecular flexibility index (Phi) is 4.68. The molecule has 0 bridgehead atoms. The van der Waals surface area contributed by atoms with E-state index in [1.807, 2.05) is 6.07 Å². The zero-order valence-electron chi connectivity index (χ0n) is 11.5. The van der Waals surface area contributed by atoms with Gasteiger partial charge in [-0.2, -0.15) is 0 Å². The lowest BCUT2D eigenvalue weighted by Gasteiger charge is -2.24. The molecule has 0 heterocycles. The summed E-state index contributed by atoms with van der Waals surface area (Å²) in [6.45, 7) is 1.44. The second-order valence-corrected chi connectivity index (χ2v) is 7.12. The summed E-state index contributed by atoms with van der Waals surface area (Å²) in [6, 6.07) is 14.8. The van der Waals surface area contributed by atoms with Gasteiger partial charge in [0.05, 0.1) is 4.90 Å². The van der Waals surface area contributed by atoms with Gasteiger partial charge in [0.25, 0.3) is 0 Å². The highest BCUT2D eigenvalue weighted by Crippen LogP contribution is 2.20. The Morgan fingerprint density at radius 2 is 1.67 bits per heavy atom. The van der Waals surface area contributed by atoms with Crippen molar-refractivity contribution in [2.75, 3.05) is 6.54 Å². The molecule has 0 amide bonds. The first-order valence-electron chi connectivity index (χ1n) is 6.34. The minimum absolute atomic E-state index is 0.107. The van der Waals surface area contributed by atoms with Crippen molar-refractivity contribution >= 4 is 21.6 Å². The molecule has 2 aromatic carbocycles. The Labute approximate surface area is 129 Å². The quantitative estimate of drug-likeness (QED) is 0.887. The van der Waals surface area contributed by atoms with Crippen LogP contribution in [-0.4, -0.2) is 20.1 Å². The number of sulfonamides is 1. The Hall–Kier alpha value is -1.40. The fraction of sp³-hybridized carbons (Fsp3) is 0.200. The molecule has 0 saturated heterocycles. The number of nitrogens with one attached hydrogen (secondary N) is 1. The van der Waals surface area contributed by atoms with E-state index in [0.717, 1.165) is 0 Å². The van der Waals surface area contributed by atoms with Crippen LogP contribution in [0.1, 0.15) is 12.5 Å². The van der Waals surface area contributed by atoms with Crippen LogP contribution in [0.2, 0.25) is 5.02 Å². The van der Waals surface area contributed by atoms with Crippen LogP contribution in [0.25, 0.3) is 0 Å². The maximum Gasteiger partial charge on any atom is 0.240 e. The van der Waals surface area contributed by atoms with Crippen molar-refractivity contribution in [3.8, 4) is 0 Å². The Morgan fingerprint density at radius 3 is 2.24 bits per heavy atom. The molecule has 2 aromatic rings. The standard InChI is InChI=1S/C15H16ClNO3S/c1-15(18,12-5-3-2-4-6-12)11-17-21(19,20)14-9-7-13(16)8-10-14/h2-10,17-18H,11H2,1H3. The smallest absolute Gasteiger partial charge is 0.240 e. The topological polar surface area (TPSA) is 66.4 Å². The summed E-state index contributed by atoms with van der Waals surface area (Å²) in [5.41, 5.74) is -0.649. The van der Waals surface area contributed by atoms with Gasteiger partial charge in [0.1, 0.15) is 5.60 Å². The summed E-state index contributed by atoms with van der Waals surface area (Å²) in [5.74, 6) is 0. The van der Waals surface area contributed by atoms with Crippen LogP contribution < -0.4 is 4.72 Å². The van der Waals surface area contributed by atoms with Crippen LogP contribution >= 0.6 is 11.6 Å². The van der Waals surface area contributed by atoms with Crippen molar-refractivity contribution in [1.29, 1.82) is 0 Å². The van der Waals surface area contributed by atoms with E-state index in [-0.39, 0.29) is 11.4 Å². The van der Waals surface area contributed by atoms with Crippen LogP contribution in [0.3, 0.4) is 0 Å². The number of benzene rings is 2. The second-order valence-electron chi connectivity index (χ2n) is 4.92. The van der Waals surface area contributed by atoms with E-state index in [4.69, 9.17) is 11.6 Å². The van der Waals surface area contributed by atoms with E-state index >= 15 is 0 Å². The Morgan fingerprint density at radius 1 is 1.10 bits per heavy atom. The molecule has 0 aliphatic carbocycles. The van der Waals surface area contributed by atoms with E-state index in [1.165, 1.54) is 24.3 Å². The summed E-state index contributed by atoms with van der Waals surface area (Å²) < 4.78 is 26.7. The van der Waals surface area contributed by atoms with Gasteiger partial charge in [-0.3, -0.25) is 0 Å². The van der Waals surface area contributed by atoms with Crippen LogP contribution in [-0.2, 0) is 15.6 Å². The molecule has 2 N–H and O–H groups in total. The number of halogens is 1. The summed E-state index contributed by atoms with van der Waals surface area (Å²) in [6.07, 6.45) is 0. The molecule has 2 rings (SSSR count). The van der Waals surface area contributed by atoms with Crippen molar-refractivity contribution in [3.63, 3.8) is 0 Å². The predicted octanol–water partition coefficient (Wildman–Crippen LogP) is 2.53. The normalized spacial score (nSPS) is 14.6. The number of aliphatic hydroxyl groups is 1. The van der Waals surface area contributed by atoms with Crippen molar-refractivity contribution in [3.05, 3.63) is 65.2 Å². The number of hydrogen-bond donors (Lipinski definition) is 2. The zero-order valence-corrected chi connectivity index (χ0v) is 13.0. The van der Waals surface area contributed by atoms with Crippen LogP contribution in [0.5, 0.6) is 0 Å². The maximum atomic E-state index is 12.2. The van der Waals surface area contributed by atoms with Gasteiger partial charge in [-0.1, -0.05) is 41.9 Å². The van der Waals surface area contributed by atoms with E-state index in [0.29, 0.717) is 10.6 Å². The van der Waals surface area contributed by atoms with E-state index in [1.54, 1.807) is 31.2 Å². The SMILES string of the molecule is CC(O)(CNS(=O)(=O)c1ccc(Cl)cc1)c1ccccc1. The van der Waals surface area contributed by atoms with E-state index in [2.05, 4.69) is 4.72 Å². The fourth-order valence-electron chi connectivity index (χ4n) is 1.83. The van der Waals surface area contributed by atoms with E-state index < -0.39 is 15.6 Å². The average Bonchev–Trinajstić information content (AvgIpc) is 2.47. The highest BCUT2D eigenvalue weighted by Gasteiger charge is 2.25. The van der Waals surface area contributed by atoms with Crippen LogP contribution in [0, 0.1) is 0 Å². The van der Waals surface area contributed by atoms with E-state index in [9.17, 15) is 13.5 Å². The minimum Gasteiger partial charge on any atom is -0.384 e. The van der Waals surface area contributed by atoms with Crippen molar-refractivity contribution < 1.29 is 13.5 Å². The second kappa shape index (κ2) is 6.15. The number of rotatable bonds is 5. The van der Waals surface area contributed by atoms with Gasteiger partial charge in [0.2, 0.25) is 10.0 Å². The first kappa shape index (κ1) is 16.0. The molecule has 4 nitrogen and oxygen atoms in total. The summed E-state index contributed by atoms with van der Waals surface area (Å²) in [4.78, 5) is 0.107. The Balaban J connectivity index is 2.13. The fourth-order valence-corrected chi connectivity index (χ4v) is 3.09. The largest absolute Gasteiger partial charge is 0.384 e. The van der Waals surface area contributed by atoms with Gasteiger partial charge in [0.15, 0.2) is 0 Å². The lowest BCUT2D eigenvalue weighted by molar-refractivity contribution is 0.0627. The molecule has 0 radical (unpaired) electrons. The molecule has 0 fully saturated rings. The molecule has 1 unspecified atom stereocenters. The number of hydrogen-bond acceptors (Lipinski definition) is 3. The molecule has 112 valence electrons. The molecular weight excluding hydrogens is 310 g/mol. The minimum atomic E-state index is -3.69. The average molecular weight is 326 g/mol. The highest BCUT2D eigenvalue weighted by molar-refractivity contribution is 7.89. The summed E-state index contributed by atoms with van der Waals surface area (Å²) >= 11 is 5.74. The molecule has 0 aliphatic rings. The summed E-state index contributed by atoms with van der Waals surface area (Å²) in [5, 5.41) is 10.9. The first-order chi connectivity index (χ1) is 9.81. The van der Waals surface area contributed by atoms with Crippen molar-refractivity contribution in [1.82, 2.24) is 4.72 Å². The molecule has 0 saturated carbocycles. The van der Waals surface area contributed by atoms with Crippen molar-refractivity contribution in [2.45, 2.75) is 17.4 Å². The van der Waals surface area contributed by atoms with Crippen LogP contribution in [0.15, 0.2) is 59.5 Å². The third kappa shape index (κ3) is 4.04. The van der Waals surface area contributed by atoms with Gasteiger partial charge in [-0.25, -0.2) is 13.1 Å². The van der Waals surface area contributed by atoms with Gasteiger partial charge in [0, 0.05) is 11.6 Å². The maximum absolute atomic E-state index is 12.2. The zero-order chi connectivity index (χ0) is 15.5. The lowest BCUT2D eigenvalue weighted by Crippen LogP contribution is -2.38. The molecular formula is C15H16ClNO3S. The summed E-state index contributed by atoms with van der Waals surface area (Å²) in [7, 11) is -3.69. The molecule has 1 atom stereocenters. The van der Waals surface area contributed by atoms with Gasteiger partial charge < -0.3 is 5.11 Å². The Bertz CT molecular complexity index is 697. The third-order valence-corrected chi connectivity index (χ3v) is 4.80. The molecule has 0 aromatic heterocycles. The molecule has 0 aliphatic heterocycles. The molecule has 6 heteroatoms. The molecule has 0 spiro atoms. The van der Waals surface area contributed by atoms with Crippen LogP contribution in [0.4, 0.5) is 0 Å². The highest BCUT2D eigenvalue weighted by atomic mass is 35.5. The van der Waals surface area contributed by atoms with Crippen molar-refractivity contribution in [2.24, 2.45) is 0 Å². The first-order valence-corrected chi connectivity index (χ1v) is 8.20. The molecule has 21 heavy (non-hydrogen) atoms. The lowest BCUT2D eigenvalue weighted by atomic mass is 9.97. The van der Waals surface area contributed by atoms with Gasteiger partial charge >= 0.3 is 0 Å². The van der Waals surface area contributed by atoms with Gasteiger partial charge in [-0.15, -0.1) is 0 Å².